The van der Waals surface area contributed by atoms with Gasteiger partial charge in [0.1, 0.15) is 0 Å². The van der Waals surface area contributed by atoms with E-state index in [1.165, 1.54) is 0 Å². The van der Waals surface area contributed by atoms with Crippen molar-refractivity contribution < 1.29 is 0 Å². The fraction of sp³-hybridized carbons (Fsp3) is 0.455. The van der Waals surface area contributed by atoms with Crippen LogP contribution in [0.15, 0.2) is 12.2 Å². The molecule has 0 aromatic carbocycles. The molecule has 1 heterocycles. The van der Waals surface area contributed by atoms with Gasteiger partial charge in [-0.15, -0.1) is 16.8 Å². The third-order valence-corrected chi connectivity index (χ3v) is 2.67. The van der Waals surface area contributed by atoms with Crippen LogP contribution in [-0.2, 0) is 0 Å². The maximum Gasteiger partial charge on any atom is 0.155 e. The zero-order valence-corrected chi connectivity index (χ0v) is 10.1. The van der Waals surface area contributed by atoms with Gasteiger partial charge in [0.05, 0.1) is 0 Å². The molecule has 0 saturated heterocycles. The SMILES string of the molecule is C=C(C)CCNc1nnc(Cl)c(C)c1C. The van der Waals surface area contributed by atoms with Crippen LogP contribution in [0.1, 0.15) is 24.5 Å². The second kappa shape index (κ2) is 5.12. The van der Waals surface area contributed by atoms with Crippen LogP contribution in [0, 0.1) is 13.8 Å². The zero-order chi connectivity index (χ0) is 11.4. The quantitative estimate of drug-likeness (QED) is 0.801. The van der Waals surface area contributed by atoms with E-state index in [0.29, 0.717) is 5.15 Å². The van der Waals surface area contributed by atoms with Gasteiger partial charge >= 0.3 is 0 Å². The van der Waals surface area contributed by atoms with Gasteiger partial charge in [0.25, 0.3) is 0 Å². The maximum atomic E-state index is 5.85. The maximum absolute atomic E-state index is 5.85. The Balaban J connectivity index is 2.70. The molecule has 0 atom stereocenters. The molecule has 0 saturated carbocycles. The predicted octanol–water partition coefficient (Wildman–Crippen LogP) is 3.12. The number of hydrogen-bond donors (Lipinski definition) is 1. The van der Waals surface area contributed by atoms with Crippen LogP contribution in [0.25, 0.3) is 0 Å². The lowest BCUT2D eigenvalue weighted by atomic mass is 10.2. The van der Waals surface area contributed by atoms with Gasteiger partial charge in [-0.3, -0.25) is 0 Å². The molecular weight excluding hydrogens is 210 g/mol. The topological polar surface area (TPSA) is 37.8 Å². The van der Waals surface area contributed by atoms with Crippen molar-refractivity contribution in [1.29, 1.82) is 0 Å². The Hall–Kier alpha value is -1.09. The van der Waals surface area contributed by atoms with Crippen molar-refractivity contribution in [2.75, 3.05) is 11.9 Å². The van der Waals surface area contributed by atoms with Gasteiger partial charge in [0.2, 0.25) is 0 Å². The number of nitrogens with one attached hydrogen (secondary N) is 1. The van der Waals surface area contributed by atoms with Crippen LogP contribution in [0.4, 0.5) is 5.82 Å². The predicted molar refractivity (Wildman–Crippen MR) is 64.4 cm³/mol. The van der Waals surface area contributed by atoms with E-state index in [1.54, 1.807) is 0 Å². The molecule has 0 amide bonds. The molecule has 0 aliphatic heterocycles. The molecule has 1 aromatic rings. The lowest BCUT2D eigenvalue weighted by Gasteiger charge is -2.09. The first-order valence-electron chi connectivity index (χ1n) is 4.90. The smallest absolute Gasteiger partial charge is 0.155 e. The molecule has 0 aliphatic rings. The average Bonchev–Trinajstić information content (AvgIpc) is 2.18. The van der Waals surface area contributed by atoms with Crippen molar-refractivity contribution in [3.8, 4) is 0 Å². The summed E-state index contributed by atoms with van der Waals surface area (Å²) < 4.78 is 0. The first kappa shape index (κ1) is 12.0. The Morgan fingerprint density at radius 2 is 2.00 bits per heavy atom. The molecule has 1 rings (SSSR count). The van der Waals surface area contributed by atoms with Crippen LogP contribution in [0.5, 0.6) is 0 Å². The standard InChI is InChI=1S/C11H16ClN3/c1-7(2)5-6-13-11-9(4)8(3)10(12)14-15-11/h1,5-6H2,2-4H3,(H,13,15). The highest BCUT2D eigenvalue weighted by molar-refractivity contribution is 6.30. The molecule has 0 unspecified atom stereocenters. The lowest BCUT2D eigenvalue weighted by molar-refractivity contribution is 0.942. The molecule has 15 heavy (non-hydrogen) atoms. The summed E-state index contributed by atoms with van der Waals surface area (Å²) in [5.41, 5.74) is 3.18. The first-order chi connectivity index (χ1) is 7.02. The van der Waals surface area contributed by atoms with Crippen molar-refractivity contribution in [2.45, 2.75) is 27.2 Å². The summed E-state index contributed by atoms with van der Waals surface area (Å²) in [6.45, 7) is 10.6. The fourth-order valence-electron chi connectivity index (χ4n) is 1.14. The molecule has 3 nitrogen and oxygen atoms in total. The van der Waals surface area contributed by atoms with E-state index in [0.717, 1.165) is 35.5 Å². The van der Waals surface area contributed by atoms with E-state index in [2.05, 4.69) is 22.1 Å². The largest absolute Gasteiger partial charge is 0.368 e. The number of halogens is 1. The van der Waals surface area contributed by atoms with Crippen molar-refractivity contribution in [3.63, 3.8) is 0 Å². The van der Waals surface area contributed by atoms with Crippen LogP contribution in [0.3, 0.4) is 0 Å². The summed E-state index contributed by atoms with van der Waals surface area (Å²) in [7, 11) is 0. The normalized spacial score (nSPS) is 10.1. The Kier molecular flexibility index (Phi) is 4.09. The van der Waals surface area contributed by atoms with Gasteiger partial charge < -0.3 is 5.32 Å². The summed E-state index contributed by atoms with van der Waals surface area (Å²) in [6.07, 6.45) is 0.933. The molecule has 0 spiro atoms. The van der Waals surface area contributed by atoms with Crippen LogP contribution in [0.2, 0.25) is 5.15 Å². The van der Waals surface area contributed by atoms with Crippen LogP contribution < -0.4 is 5.32 Å². The summed E-state index contributed by atoms with van der Waals surface area (Å²) in [5, 5.41) is 11.6. The third kappa shape index (κ3) is 3.20. The van der Waals surface area contributed by atoms with Gasteiger partial charge in [-0.25, -0.2) is 0 Å². The molecule has 82 valence electrons. The van der Waals surface area contributed by atoms with Gasteiger partial charge in [0, 0.05) is 6.54 Å². The van der Waals surface area contributed by atoms with Gasteiger partial charge in [-0.2, -0.15) is 0 Å². The molecular formula is C11H16ClN3. The Labute approximate surface area is 95.6 Å². The Bertz CT molecular complexity index is 374. The minimum atomic E-state index is 0.470. The summed E-state index contributed by atoms with van der Waals surface area (Å²) in [6, 6.07) is 0. The highest BCUT2D eigenvalue weighted by Gasteiger charge is 2.06. The Morgan fingerprint density at radius 3 is 2.60 bits per heavy atom. The highest BCUT2D eigenvalue weighted by atomic mass is 35.5. The van der Waals surface area contributed by atoms with Crippen LogP contribution in [-0.4, -0.2) is 16.7 Å². The first-order valence-corrected chi connectivity index (χ1v) is 5.27. The molecule has 0 aliphatic carbocycles. The summed E-state index contributed by atoms with van der Waals surface area (Å²) >= 11 is 5.85. The van der Waals surface area contributed by atoms with Crippen molar-refractivity contribution in [1.82, 2.24) is 10.2 Å². The van der Waals surface area contributed by atoms with Gasteiger partial charge in [-0.1, -0.05) is 17.2 Å². The molecule has 0 fully saturated rings. The average molecular weight is 226 g/mol. The molecule has 1 aromatic heterocycles. The molecule has 4 heteroatoms. The van der Waals surface area contributed by atoms with E-state index in [4.69, 9.17) is 11.6 Å². The highest BCUT2D eigenvalue weighted by Crippen LogP contribution is 2.20. The lowest BCUT2D eigenvalue weighted by Crippen LogP contribution is -2.07. The van der Waals surface area contributed by atoms with E-state index in [1.807, 2.05) is 20.8 Å². The number of aromatic nitrogens is 2. The molecule has 0 bridgehead atoms. The van der Waals surface area contributed by atoms with Crippen molar-refractivity contribution in [3.05, 3.63) is 28.4 Å². The summed E-state index contributed by atoms with van der Waals surface area (Å²) in [5.74, 6) is 0.804. The molecule has 1 N–H and O–H groups in total. The van der Waals surface area contributed by atoms with Crippen molar-refractivity contribution >= 4 is 17.4 Å². The minimum Gasteiger partial charge on any atom is -0.368 e. The Morgan fingerprint density at radius 1 is 1.33 bits per heavy atom. The second-order valence-electron chi connectivity index (χ2n) is 3.72. The van der Waals surface area contributed by atoms with Gasteiger partial charge in [-0.05, 0) is 38.3 Å². The van der Waals surface area contributed by atoms with Gasteiger partial charge in [0.15, 0.2) is 11.0 Å². The second-order valence-corrected chi connectivity index (χ2v) is 4.08. The third-order valence-electron chi connectivity index (χ3n) is 2.31. The number of rotatable bonds is 4. The number of hydrogen-bond acceptors (Lipinski definition) is 3. The van der Waals surface area contributed by atoms with E-state index >= 15 is 0 Å². The van der Waals surface area contributed by atoms with E-state index < -0.39 is 0 Å². The van der Waals surface area contributed by atoms with Crippen LogP contribution >= 0.6 is 11.6 Å². The fourth-order valence-corrected chi connectivity index (χ4v) is 1.32. The monoisotopic (exact) mass is 225 g/mol. The zero-order valence-electron chi connectivity index (χ0n) is 9.39. The summed E-state index contributed by atoms with van der Waals surface area (Å²) in [4.78, 5) is 0. The van der Waals surface area contributed by atoms with E-state index in [9.17, 15) is 0 Å². The number of nitrogens with zero attached hydrogens (tertiary/aromatic N) is 2. The van der Waals surface area contributed by atoms with Crippen molar-refractivity contribution in [2.24, 2.45) is 0 Å². The number of anilines is 1. The molecule has 0 radical (unpaired) electrons. The van der Waals surface area contributed by atoms with E-state index in [-0.39, 0.29) is 0 Å². The minimum absolute atomic E-state index is 0.470.